The number of nitrogen functional groups attached to an aromatic ring is 1. The smallest absolute Gasteiger partial charge is 0.236 e. The van der Waals surface area contributed by atoms with E-state index < -0.39 is 0 Å². The summed E-state index contributed by atoms with van der Waals surface area (Å²) in [5.41, 5.74) is 6.48. The standard InChI is InChI=1S/C10H9BrN2OS/c1-6-9(10(12)14-13-6)15-8-4-2-7(11)3-5-8/h2-5H,12H2,1H3. The molecule has 78 valence electrons. The van der Waals surface area contributed by atoms with Crippen molar-refractivity contribution in [2.75, 3.05) is 5.73 Å². The Morgan fingerprint density at radius 2 is 2.00 bits per heavy atom. The molecule has 1 aromatic heterocycles. The van der Waals surface area contributed by atoms with Crippen molar-refractivity contribution in [2.45, 2.75) is 16.7 Å². The second-order valence-electron chi connectivity index (χ2n) is 3.02. The first-order valence-corrected chi connectivity index (χ1v) is 5.93. The average Bonchev–Trinajstić information content (AvgIpc) is 2.53. The molecule has 3 nitrogen and oxygen atoms in total. The molecule has 0 fully saturated rings. The lowest BCUT2D eigenvalue weighted by Gasteiger charge is -1.99. The molecule has 2 N–H and O–H groups in total. The van der Waals surface area contributed by atoms with Crippen molar-refractivity contribution < 1.29 is 4.52 Å². The lowest BCUT2D eigenvalue weighted by Crippen LogP contribution is -1.83. The van der Waals surface area contributed by atoms with Gasteiger partial charge >= 0.3 is 0 Å². The highest BCUT2D eigenvalue weighted by molar-refractivity contribution is 9.10. The molecule has 0 saturated heterocycles. The molecule has 0 bridgehead atoms. The van der Waals surface area contributed by atoms with Crippen LogP contribution in [0, 0.1) is 6.92 Å². The van der Waals surface area contributed by atoms with Crippen LogP contribution in [-0.2, 0) is 0 Å². The van der Waals surface area contributed by atoms with Gasteiger partial charge in [0.15, 0.2) is 0 Å². The van der Waals surface area contributed by atoms with E-state index in [1.54, 1.807) is 11.8 Å². The van der Waals surface area contributed by atoms with E-state index in [0.29, 0.717) is 5.88 Å². The predicted molar refractivity (Wildman–Crippen MR) is 63.9 cm³/mol. The summed E-state index contributed by atoms with van der Waals surface area (Å²) in [6, 6.07) is 8.00. The topological polar surface area (TPSA) is 52.0 Å². The highest BCUT2D eigenvalue weighted by Gasteiger charge is 2.10. The van der Waals surface area contributed by atoms with E-state index in [1.165, 1.54) is 0 Å². The van der Waals surface area contributed by atoms with Crippen molar-refractivity contribution in [3.05, 3.63) is 34.4 Å². The van der Waals surface area contributed by atoms with E-state index in [2.05, 4.69) is 21.1 Å². The van der Waals surface area contributed by atoms with Gasteiger partial charge in [-0.25, -0.2) is 0 Å². The van der Waals surface area contributed by atoms with Gasteiger partial charge in [0.05, 0.1) is 10.6 Å². The number of aryl methyl sites for hydroxylation is 1. The Morgan fingerprint density at radius 3 is 2.53 bits per heavy atom. The molecule has 0 aliphatic heterocycles. The van der Waals surface area contributed by atoms with Crippen LogP contribution in [0.1, 0.15) is 5.69 Å². The maximum atomic E-state index is 5.66. The summed E-state index contributed by atoms with van der Waals surface area (Å²) in [7, 11) is 0. The average molecular weight is 285 g/mol. The third-order valence-corrected chi connectivity index (χ3v) is 3.60. The molecule has 0 atom stereocenters. The molecular weight excluding hydrogens is 276 g/mol. The summed E-state index contributed by atoms with van der Waals surface area (Å²) in [5.74, 6) is 0.375. The molecular formula is C10H9BrN2OS. The van der Waals surface area contributed by atoms with Gasteiger partial charge in [-0.2, -0.15) is 0 Å². The first-order chi connectivity index (χ1) is 7.16. The van der Waals surface area contributed by atoms with Gasteiger partial charge in [-0.3, -0.25) is 0 Å². The Balaban J connectivity index is 2.25. The van der Waals surface area contributed by atoms with E-state index in [4.69, 9.17) is 10.3 Å². The van der Waals surface area contributed by atoms with Crippen molar-refractivity contribution in [2.24, 2.45) is 0 Å². The molecule has 5 heteroatoms. The zero-order chi connectivity index (χ0) is 10.8. The van der Waals surface area contributed by atoms with Gasteiger partial charge in [0.25, 0.3) is 0 Å². The van der Waals surface area contributed by atoms with Crippen molar-refractivity contribution in [3.63, 3.8) is 0 Å². The van der Waals surface area contributed by atoms with Gasteiger partial charge in [0.2, 0.25) is 5.88 Å². The van der Waals surface area contributed by atoms with E-state index in [1.807, 2.05) is 31.2 Å². The third kappa shape index (κ3) is 2.35. The molecule has 0 aliphatic carbocycles. The fraction of sp³-hybridized carbons (Fsp3) is 0.100. The van der Waals surface area contributed by atoms with Crippen molar-refractivity contribution in [3.8, 4) is 0 Å². The summed E-state index contributed by atoms with van der Waals surface area (Å²) >= 11 is 4.94. The summed E-state index contributed by atoms with van der Waals surface area (Å²) in [4.78, 5) is 1.99. The van der Waals surface area contributed by atoms with Gasteiger partial charge in [-0.15, -0.1) is 0 Å². The van der Waals surface area contributed by atoms with Gasteiger partial charge in [0, 0.05) is 9.37 Å². The highest BCUT2D eigenvalue weighted by atomic mass is 79.9. The number of benzene rings is 1. The molecule has 2 rings (SSSR count). The second kappa shape index (κ2) is 4.28. The van der Waals surface area contributed by atoms with Gasteiger partial charge < -0.3 is 10.3 Å². The zero-order valence-electron chi connectivity index (χ0n) is 8.03. The molecule has 0 aliphatic rings. The number of hydrogen-bond donors (Lipinski definition) is 1. The van der Waals surface area contributed by atoms with E-state index in [0.717, 1.165) is 20.0 Å². The minimum atomic E-state index is 0.375. The van der Waals surface area contributed by atoms with Crippen LogP contribution in [0.15, 0.2) is 43.1 Å². The maximum Gasteiger partial charge on any atom is 0.236 e. The largest absolute Gasteiger partial charge is 0.367 e. The van der Waals surface area contributed by atoms with E-state index in [-0.39, 0.29) is 0 Å². The van der Waals surface area contributed by atoms with Crippen LogP contribution >= 0.6 is 27.7 Å². The molecule has 0 spiro atoms. The highest BCUT2D eigenvalue weighted by Crippen LogP contribution is 2.34. The normalized spacial score (nSPS) is 10.5. The molecule has 0 amide bonds. The van der Waals surface area contributed by atoms with Crippen LogP contribution in [0.3, 0.4) is 0 Å². The van der Waals surface area contributed by atoms with Crippen LogP contribution in [0.2, 0.25) is 0 Å². The second-order valence-corrected chi connectivity index (χ2v) is 5.02. The Morgan fingerprint density at radius 1 is 1.33 bits per heavy atom. The lowest BCUT2D eigenvalue weighted by atomic mass is 10.4. The summed E-state index contributed by atoms with van der Waals surface area (Å²) in [6.07, 6.45) is 0. The molecule has 1 aromatic carbocycles. The fourth-order valence-corrected chi connectivity index (χ4v) is 2.22. The van der Waals surface area contributed by atoms with Crippen LogP contribution in [0.4, 0.5) is 5.88 Å². The maximum absolute atomic E-state index is 5.66. The minimum absolute atomic E-state index is 0.375. The van der Waals surface area contributed by atoms with E-state index >= 15 is 0 Å². The van der Waals surface area contributed by atoms with Crippen LogP contribution in [0.25, 0.3) is 0 Å². The van der Waals surface area contributed by atoms with Crippen molar-refractivity contribution in [1.82, 2.24) is 5.16 Å². The van der Waals surface area contributed by atoms with E-state index in [9.17, 15) is 0 Å². The third-order valence-electron chi connectivity index (χ3n) is 1.87. The summed E-state index contributed by atoms with van der Waals surface area (Å²) in [5, 5.41) is 3.80. The molecule has 0 radical (unpaired) electrons. The Bertz CT molecular complexity index is 447. The van der Waals surface area contributed by atoms with Crippen LogP contribution in [0.5, 0.6) is 0 Å². The molecule has 1 heterocycles. The zero-order valence-corrected chi connectivity index (χ0v) is 10.4. The molecule has 0 saturated carbocycles. The number of nitrogens with two attached hydrogens (primary N) is 1. The Kier molecular flexibility index (Phi) is 3.02. The minimum Gasteiger partial charge on any atom is -0.367 e. The number of halogens is 1. The van der Waals surface area contributed by atoms with Gasteiger partial charge in [-0.05, 0) is 31.2 Å². The Hall–Kier alpha value is -0.940. The number of rotatable bonds is 2. The lowest BCUT2D eigenvalue weighted by molar-refractivity contribution is 0.430. The SMILES string of the molecule is Cc1noc(N)c1Sc1ccc(Br)cc1. The first-order valence-electron chi connectivity index (χ1n) is 4.32. The van der Waals surface area contributed by atoms with Crippen LogP contribution in [-0.4, -0.2) is 5.16 Å². The molecule has 0 unspecified atom stereocenters. The van der Waals surface area contributed by atoms with Gasteiger partial charge in [0.1, 0.15) is 0 Å². The number of aromatic nitrogens is 1. The monoisotopic (exact) mass is 284 g/mol. The first kappa shape index (κ1) is 10.6. The Labute approximate surface area is 100 Å². The van der Waals surface area contributed by atoms with Crippen molar-refractivity contribution >= 4 is 33.6 Å². The quantitative estimate of drug-likeness (QED) is 0.917. The number of nitrogens with zero attached hydrogens (tertiary/aromatic N) is 1. The van der Waals surface area contributed by atoms with Crippen molar-refractivity contribution in [1.29, 1.82) is 0 Å². The molecule has 15 heavy (non-hydrogen) atoms. The summed E-state index contributed by atoms with van der Waals surface area (Å²) in [6.45, 7) is 1.88. The summed E-state index contributed by atoms with van der Waals surface area (Å²) < 4.78 is 5.95. The number of anilines is 1. The fourth-order valence-electron chi connectivity index (χ4n) is 1.12. The molecule has 2 aromatic rings. The predicted octanol–water partition coefficient (Wildman–Crippen LogP) is 3.48. The number of hydrogen-bond acceptors (Lipinski definition) is 4. The van der Waals surface area contributed by atoms with Crippen LogP contribution < -0.4 is 5.73 Å². The van der Waals surface area contributed by atoms with Gasteiger partial charge in [-0.1, -0.05) is 32.8 Å².